The summed E-state index contributed by atoms with van der Waals surface area (Å²) in [5.74, 6) is -0.581. The van der Waals surface area contributed by atoms with E-state index in [0.717, 1.165) is 16.7 Å². The summed E-state index contributed by atoms with van der Waals surface area (Å²) in [7, 11) is -3.93. The van der Waals surface area contributed by atoms with Crippen LogP contribution in [0.1, 0.15) is 16.7 Å². The molecule has 1 aliphatic rings. The third kappa shape index (κ3) is 4.00. The van der Waals surface area contributed by atoms with E-state index < -0.39 is 21.5 Å². The van der Waals surface area contributed by atoms with Crippen LogP contribution in [0, 0.1) is 0 Å². The summed E-state index contributed by atoms with van der Waals surface area (Å²) in [4.78, 5) is 19.1. The zero-order valence-corrected chi connectivity index (χ0v) is 19.9. The highest BCUT2D eigenvalue weighted by molar-refractivity contribution is 7.89. The van der Waals surface area contributed by atoms with E-state index in [0.29, 0.717) is 5.69 Å². The van der Waals surface area contributed by atoms with Gasteiger partial charge in [0.05, 0.1) is 17.1 Å². The quantitative estimate of drug-likeness (QED) is 0.428. The number of halogens is 1. The Balaban J connectivity index is 1.52. The van der Waals surface area contributed by atoms with Crippen LogP contribution < -0.4 is 10.0 Å². The van der Waals surface area contributed by atoms with Gasteiger partial charge in [-0.2, -0.15) is 0 Å². The van der Waals surface area contributed by atoms with Crippen molar-refractivity contribution in [3.05, 3.63) is 113 Å². The van der Waals surface area contributed by atoms with E-state index in [1.807, 2.05) is 36.4 Å². The van der Waals surface area contributed by atoms with E-state index in [4.69, 9.17) is 16.7 Å². The van der Waals surface area contributed by atoms with E-state index in [1.165, 1.54) is 29.2 Å². The standard InChI is InChI=1S/C26H20ClN3O4S/c27-22-2-1-3-23-24(22)26(32,20-8-10-21(11-9-20)35(28,33)34)25(31)30(23)16-17-4-6-18(7-5-17)19-12-14-29-15-13-19/h1-15,32H,16H2,(H2,28,33,34). The van der Waals surface area contributed by atoms with Crippen LogP contribution in [0.3, 0.4) is 0 Å². The van der Waals surface area contributed by atoms with Gasteiger partial charge in [0.1, 0.15) is 0 Å². The lowest BCUT2D eigenvalue weighted by Gasteiger charge is -2.24. The first kappa shape index (κ1) is 23.2. The fraction of sp³-hybridized carbons (Fsp3) is 0.0769. The van der Waals surface area contributed by atoms with E-state index in [2.05, 4.69) is 4.98 Å². The van der Waals surface area contributed by atoms with Gasteiger partial charge in [-0.05, 0) is 58.7 Å². The van der Waals surface area contributed by atoms with Gasteiger partial charge >= 0.3 is 0 Å². The number of primary sulfonamides is 1. The molecule has 4 aromatic rings. The summed E-state index contributed by atoms with van der Waals surface area (Å²) in [6.07, 6.45) is 3.45. The molecule has 9 heteroatoms. The molecule has 0 saturated heterocycles. The number of nitrogens with zero attached hydrogens (tertiary/aromatic N) is 2. The predicted molar refractivity (Wildman–Crippen MR) is 133 cm³/mol. The van der Waals surface area contributed by atoms with Gasteiger partial charge in [-0.25, -0.2) is 13.6 Å². The minimum Gasteiger partial charge on any atom is -0.372 e. The van der Waals surface area contributed by atoms with Gasteiger partial charge in [0.15, 0.2) is 5.60 Å². The average Bonchev–Trinajstić information content (AvgIpc) is 3.08. The number of nitrogens with two attached hydrogens (primary N) is 1. The number of rotatable bonds is 5. The second-order valence-electron chi connectivity index (χ2n) is 8.24. The molecule has 0 radical (unpaired) electrons. The number of sulfonamides is 1. The highest BCUT2D eigenvalue weighted by Crippen LogP contribution is 2.48. The number of carbonyl (C=O) groups excluding carboxylic acids is 1. The molecular formula is C26H20ClN3O4S. The summed E-state index contributed by atoms with van der Waals surface area (Å²) < 4.78 is 23.3. The molecule has 0 aliphatic carbocycles. The van der Waals surface area contributed by atoms with Crippen molar-refractivity contribution >= 4 is 33.2 Å². The van der Waals surface area contributed by atoms with Gasteiger partial charge in [0, 0.05) is 23.0 Å². The van der Waals surface area contributed by atoms with Crippen LogP contribution >= 0.6 is 11.6 Å². The molecule has 3 aromatic carbocycles. The molecule has 176 valence electrons. The van der Waals surface area contributed by atoms with Crippen LogP contribution in [0.2, 0.25) is 5.02 Å². The Kier molecular flexibility index (Phi) is 5.69. The maximum Gasteiger partial charge on any atom is 0.268 e. The molecule has 1 atom stereocenters. The molecule has 1 amide bonds. The molecule has 2 heterocycles. The van der Waals surface area contributed by atoms with Crippen molar-refractivity contribution < 1.29 is 18.3 Å². The normalized spacial score (nSPS) is 17.5. The van der Waals surface area contributed by atoms with E-state index in [-0.39, 0.29) is 27.6 Å². The van der Waals surface area contributed by atoms with E-state index >= 15 is 0 Å². The highest BCUT2D eigenvalue weighted by Gasteiger charge is 2.52. The zero-order chi connectivity index (χ0) is 24.8. The summed E-state index contributed by atoms with van der Waals surface area (Å²) in [5.41, 5.74) is 1.75. The smallest absolute Gasteiger partial charge is 0.268 e. The molecule has 0 saturated carbocycles. The van der Waals surface area contributed by atoms with Crippen LogP contribution in [-0.4, -0.2) is 24.4 Å². The Labute approximate surface area is 207 Å². The Morgan fingerprint density at radius 1 is 0.914 bits per heavy atom. The number of aliphatic hydroxyl groups is 1. The molecule has 1 unspecified atom stereocenters. The predicted octanol–water partition coefficient (Wildman–Crippen LogP) is 3.83. The second-order valence-corrected chi connectivity index (χ2v) is 10.2. The number of pyridine rings is 1. The van der Waals surface area contributed by atoms with Crippen molar-refractivity contribution in [1.29, 1.82) is 0 Å². The van der Waals surface area contributed by atoms with E-state index in [1.54, 1.807) is 30.6 Å². The molecule has 0 fully saturated rings. The van der Waals surface area contributed by atoms with Gasteiger partial charge in [-0.1, -0.05) is 54.1 Å². The van der Waals surface area contributed by atoms with Gasteiger partial charge < -0.3 is 10.0 Å². The first-order chi connectivity index (χ1) is 16.7. The van der Waals surface area contributed by atoms with Crippen molar-refractivity contribution in [2.24, 2.45) is 5.14 Å². The monoisotopic (exact) mass is 505 g/mol. The van der Waals surface area contributed by atoms with Crippen molar-refractivity contribution in [3.63, 3.8) is 0 Å². The minimum atomic E-state index is -3.93. The molecule has 0 bridgehead atoms. The number of anilines is 1. The number of fused-ring (bicyclic) bond motifs is 1. The number of aromatic nitrogens is 1. The fourth-order valence-electron chi connectivity index (χ4n) is 4.35. The molecule has 7 nitrogen and oxygen atoms in total. The second kappa shape index (κ2) is 8.58. The minimum absolute atomic E-state index is 0.124. The van der Waals surface area contributed by atoms with Crippen molar-refractivity contribution in [3.8, 4) is 11.1 Å². The summed E-state index contributed by atoms with van der Waals surface area (Å²) >= 11 is 6.47. The van der Waals surface area contributed by atoms with Gasteiger partial charge in [0.25, 0.3) is 5.91 Å². The Bertz CT molecular complexity index is 1530. The maximum atomic E-state index is 13.7. The molecule has 1 aliphatic heterocycles. The molecule has 1 aromatic heterocycles. The average molecular weight is 506 g/mol. The highest BCUT2D eigenvalue weighted by atomic mass is 35.5. The van der Waals surface area contributed by atoms with Gasteiger partial charge in [0.2, 0.25) is 10.0 Å². The lowest BCUT2D eigenvalue weighted by atomic mass is 9.87. The van der Waals surface area contributed by atoms with Gasteiger partial charge in [-0.15, -0.1) is 0 Å². The molecule has 35 heavy (non-hydrogen) atoms. The van der Waals surface area contributed by atoms with Crippen molar-refractivity contribution in [2.45, 2.75) is 17.0 Å². The van der Waals surface area contributed by atoms with Crippen molar-refractivity contribution in [2.75, 3.05) is 4.90 Å². The van der Waals surface area contributed by atoms with Crippen LogP contribution in [0.25, 0.3) is 11.1 Å². The third-order valence-corrected chi connectivity index (χ3v) is 7.35. The fourth-order valence-corrected chi connectivity index (χ4v) is 5.17. The largest absolute Gasteiger partial charge is 0.372 e. The molecule has 0 spiro atoms. The summed E-state index contributed by atoms with van der Waals surface area (Å²) in [6.45, 7) is 0.209. The number of benzene rings is 3. The van der Waals surface area contributed by atoms with Crippen LogP contribution in [0.4, 0.5) is 5.69 Å². The van der Waals surface area contributed by atoms with E-state index in [9.17, 15) is 18.3 Å². The van der Waals surface area contributed by atoms with Crippen LogP contribution in [0.5, 0.6) is 0 Å². The molecule has 3 N–H and O–H groups in total. The topological polar surface area (TPSA) is 114 Å². The van der Waals surface area contributed by atoms with Crippen molar-refractivity contribution in [1.82, 2.24) is 4.98 Å². The lowest BCUT2D eigenvalue weighted by Crippen LogP contribution is -2.41. The van der Waals surface area contributed by atoms with Crippen LogP contribution in [0.15, 0.2) is 96.2 Å². The lowest BCUT2D eigenvalue weighted by molar-refractivity contribution is -0.132. The zero-order valence-electron chi connectivity index (χ0n) is 18.3. The van der Waals surface area contributed by atoms with Gasteiger partial charge in [-0.3, -0.25) is 9.78 Å². The SMILES string of the molecule is NS(=O)(=O)c1ccc(C2(O)C(=O)N(Cc3ccc(-c4ccncc4)cc3)c3cccc(Cl)c32)cc1. The van der Waals surface area contributed by atoms with Crippen LogP contribution in [-0.2, 0) is 27.0 Å². The number of hydrogen-bond acceptors (Lipinski definition) is 5. The number of carbonyl (C=O) groups is 1. The first-order valence-electron chi connectivity index (χ1n) is 10.7. The Hall–Kier alpha value is -3.56. The first-order valence-corrected chi connectivity index (χ1v) is 12.6. The molecular weight excluding hydrogens is 486 g/mol. The Morgan fingerprint density at radius 2 is 1.54 bits per heavy atom. The number of amides is 1. The Morgan fingerprint density at radius 3 is 2.17 bits per heavy atom. The summed E-state index contributed by atoms with van der Waals surface area (Å²) in [5, 5.41) is 17.2. The molecule has 5 rings (SSSR count). The third-order valence-electron chi connectivity index (χ3n) is 6.11. The summed E-state index contributed by atoms with van der Waals surface area (Å²) in [6, 6.07) is 21.9. The maximum absolute atomic E-state index is 13.7. The number of hydrogen-bond donors (Lipinski definition) is 2.